The van der Waals surface area contributed by atoms with E-state index in [0.717, 1.165) is 29.8 Å². The quantitative estimate of drug-likeness (QED) is 0.876. The van der Waals surface area contributed by atoms with Crippen molar-refractivity contribution in [3.8, 4) is 0 Å². The molecule has 1 unspecified atom stereocenters. The molecule has 2 aromatic rings. The van der Waals surface area contributed by atoms with Gasteiger partial charge >= 0.3 is 0 Å². The number of rotatable bonds is 3. The summed E-state index contributed by atoms with van der Waals surface area (Å²) in [5, 5.41) is 3.26. The SMILES string of the molecule is Cc1cc(F)ccc1CC(F)c1cccc2c1NCC2. The third-order valence-corrected chi connectivity index (χ3v) is 3.92. The van der Waals surface area contributed by atoms with Crippen LogP contribution in [-0.4, -0.2) is 6.54 Å². The summed E-state index contributed by atoms with van der Waals surface area (Å²) < 4.78 is 27.7. The van der Waals surface area contributed by atoms with Gasteiger partial charge in [0.15, 0.2) is 0 Å². The van der Waals surface area contributed by atoms with Crippen LogP contribution in [0.1, 0.15) is 28.4 Å². The van der Waals surface area contributed by atoms with Crippen LogP contribution in [0.25, 0.3) is 0 Å². The molecular formula is C17H17F2N. The standard InChI is InChI=1S/C17H17F2N/c1-11-9-14(18)6-5-13(11)10-16(19)15-4-2-3-12-7-8-20-17(12)15/h2-6,9,16,20H,7-8,10H2,1H3. The number of para-hydroxylation sites is 1. The second-order valence-corrected chi connectivity index (χ2v) is 5.30. The average molecular weight is 273 g/mol. The largest absolute Gasteiger partial charge is 0.384 e. The van der Waals surface area contributed by atoms with Gasteiger partial charge in [0, 0.05) is 24.2 Å². The number of fused-ring (bicyclic) bond motifs is 1. The molecule has 0 spiro atoms. The second-order valence-electron chi connectivity index (χ2n) is 5.30. The molecule has 0 bridgehead atoms. The minimum absolute atomic E-state index is 0.274. The van der Waals surface area contributed by atoms with E-state index in [-0.39, 0.29) is 12.2 Å². The normalized spacial score (nSPS) is 14.8. The van der Waals surface area contributed by atoms with E-state index in [1.54, 1.807) is 6.07 Å². The molecule has 0 fully saturated rings. The molecular weight excluding hydrogens is 256 g/mol. The van der Waals surface area contributed by atoms with E-state index in [0.29, 0.717) is 5.56 Å². The highest BCUT2D eigenvalue weighted by Gasteiger charge is 2.20. The van der Waals surface area contributed by atoms with E-state index < -0.39 is 6.17 Å². The van der Waals surface area contributed by atoms with Gasteiger partial charge < -0.3 is 5.32 Å². The number of nitrogens with one attached hydrogen (secondary N) is 1. The lowest BCUT2D eigenvalue weighted by Gasteiger charge is -2.15. The van der Waals surface area contributed by atoms with Gasteiger partial charge in [-0.15, -0.1) is 0 Å². The predicted molar refractivity (Wildman–Crippen MR) is 77.3 cm³/mol. The summed E-state index contributed by atoms with van der Waals surface area (Å²) in [4.78, 5) is 0. The fraction of sp³-hybridized carbons (Fsp3) is 0.294. The molecule has 1 N–H and O–H groups in total. The molecule has 0 amide bonds. The number of anilines is 1. The van der Waals surface area contributed by atoms with Crippen molar-refractivity contribution in [2.45, 2.75) is 25.9 Å². The van der Waals surface area contributed by atoms with Gasteiger partial charge in [-0.3, -0.25) is 0 Å². The molecule has 0 aliphatic carbocycles. The molecule has 104 valence electrons. The number of benzene rings is 2. The zero-order valence-corrected chi connectivity index (χ0v) is 11.4. The topological polar surface area (TPSA) is 12.0 Å². The Labute approximate surface area is 117 Å². The van der Waals surface area contributed by atoms with Crippen molar-refractivity contribution in [3.63, 3.8) is 0 Å². The maximum absolute atomic E-state index is 14.6. The first kappa shape index (κ1) is 13.1. The molecule has 1 aliphatic rings. The van der Waals surface area contributed by atoms with Gasteiger partial charge in [0.1, 0.15) is 12.0 Å². The zero-order chi connectivity index (χ0) is 14.1. The fourth-order valence-electron chi connectivity index (χ4n) is 2.82. The highest BCUT2D eigenvalue weighted by Crippen LogP contribution is 2.34. The van der Waals surface area contributed by atoms with Crippen molar-refractivity contribution >= 4 is 5.69 Å². The summed E-state index contributed by atoms with van der Waals surface area (Å²) in [6.07, 6.45) is 0.162. The van der Waals surface area contributed by atoms with Crippen LogP contribution in [0.4, 0.5) is 14.5 Å². The third-order valence-electron chi connectivity index (χ3n) is 3.92. The van der Waals surface area contributed by atoms with Gasteiger partial charge in [0.2, 0.25) is 0 Å². The van der Waals surface area contributed by atoms with Crippen molar-refractivity contribution in [3.05, 3.63) is 64.5 Å². The fourth-order valence-corrected chi connectivity index (χ4v) is 2.82. The lowest BCUT2D eigenvalue weighted by molar-refractivity contribution is 0.342. The molecule has 0 aromatic heterocycles. The highest BCUT2D eigenvalue weighted by atomic mass is 19.1. The summed E-state index contributed by atoms with van der Waals surface area (Å²) in [6, 6.07) is 10.3. The van der Waals surface area contributed by atoms with Crippen molar-refractivity contribution in [1.82, 2.24) is 0 Å². The second kappa shape index (κ2) is 5.23. The molecule has 0 saturated carbocycles. The van der Waals surface area contributed by atoms with Crippen molar-refractivity contribution in [1.29, 1.82) is 0 Å². The predicted octanol–water partition coefficient (Wildman–Crippen LogP) is 4.36. The number of alkyl halides is 1. The number of halogens is 2. The Morgan fingerprint density at radius 1 is 1.25 bits per heavy atom. The molecule has 3 rings (SSSR count). The van der Waals surface area contributed by atoms with E-state index in [9.17, 15) is 8.78 Å². The van der Waals surface area contributed by atoms with Crippen molar-refractivity contribution in [2.24, 2.45) is 0 Å². The van der Waals surface area contributed by atoms with Gasteiger partial charge in [0.05, 0.1) is 0 Å². The van der Waals surface area contributed by atoms with Gasteiger partial charge in [-0.25, -0.2) is 8.78 Å². The zero-order valence-electron chi connectivity index (χ0n) is 11.4. The Balaban J connectivity index is 1.86. The van der Waals surface area contributed by atoms with E-state index in [2.05, 4.69) is 5.32 Å². The minimum atomic E-state index is -1.07. The summed E-state index contributed by atoms with van der Waals surface area (Å²) in [5.41, 5.74) is 4.49. The summed E-state index contributed by atoms with van der Waals surface area (Å²) >= 11 is 0. The lowest BCUT2D eigenvalue weighted by atomic mass is 9.96. The van der Waals surface area contributed by atoms with Crippen LogP contribution in [0.2, 0.25) is 0 Å². The molecule has 3 heteroatoms. The smallest absolute Gasteiger partial charge is 0.131 e. The lowest BCUT2D eigenvalue weighted by Crippen LogP contribution is -2.03. The van der Waals surface area contributed by atoms with Crippen molar-refractivity contribution in [2.75, 3.05) is 11.9 Å². The molecule has 2 aromatic carbocycles. The van der Waals surface area contributed by atoms with Gasteiger partial charge in [-0.2, -0.15) is 0 Å². The van der Waals surface area contributed by atoms with Crippen LogP contribution in [-0.2, 0) is 12.8 Å². The molecule has 0 radical (unpaired) electrons. The number of aryl methyl sites for hydroxylation is 1. The Kier molecular flexibility index (Phi) is 3.43. The maximum Gasteiger partial charge on any atom is 0.131 e. The number of hydrogen-bond acceptors (Lipinski definition) is 1. The van der Waals surface area contributed by atoms with Crippen LogP contribution in [0, 0.1) is 12.7 Å². The monoisotopic (exact) mass is 273 g/mol. The summed E-state index contributed by atoms with van der Waals surface area (Å²) in [6.45, 7) is 2.69. The van der Waals surface area contributed by atoms with Crippen LogP contribution in [0.15, 0.2) is 36.4 Å². The van der Waals surface area contributed by atoms with Gasteiger partial charge in [-0.1, -0.05) is 24.3 Å². The first-order chi connectivity index (χ1) is 9.65. The van der Waals surface area contributed by atoms with Crippen molar-refractivity contribution < 1.29 is 8.78 Å². The Bertz CT molecular complexity index is 637. The van der Waals surface area contributed by atoms with E-state index >= 15 is 0 Å². The van der Waals surface area contributed by atoms with Crippen LogP contribution >= 0.6 is 0 Å². The maximum atomic E-state index is 14.6. The van der Waals surface area contributed by atoms with Gasteiger partial charge in [0.25, 0.3) is 0 Å². The molecule has 20 heavy (non-hydrogen) atoms. The average Bonchev–Trinajstić information content (AvgIpc) is 2.90. The van der Waals surface area contributed by atoms with Crippen LogP contribution in [0.5, 0.6) is 0 Å². The molecule has 1 aliphatic heterocycles. The van der Waals surface area contributed by atoms with Gasteiger partial charge in [-0.05, 0) is 42.2 Å². The Morgan fingerprint density at radius 2 is 2.10 bits per heavy atom. The molecule has 1 nitrogen and oxygen atoms in total. The van der Waals surface area contributed by atoms with E-state index in [4.69, 9.17) is 0 Å². The first-order valence-electron chi connectivity index (χ1n) is 6.90. The Morgan fingerprint density at radius 3 is 2.90 bits per heavy atom. The molecule has 1 atom stereocenters. The highest BCUT2D eigenvalue weighted by molar-refractivity contribution is 5.62. The Hall–Kier alpha value is -1.90. The summed E-state index contributed by atoms with van der Waals surface area (Å²) in [5.74, 6) is -0.274. The minimum Gasteiger partial charge on any atom is -0.384 e. The van der Waals surface area contributed by atoms with Crippen LogP contribution < -0.4 is 5.32 Å². The van der Waals surface area contributed by atoms with E-state index in [1.807, 2.05) is 25.1 Å². The third kappa shape index (κ3) is 2.40. The first-order valence-corrected chi connectivity index (χ1v) is 6.90. The number of hydrogen-bond donors (Lipinski definition) is 1. The molecule has 0 saturated heterocycles. The van der Waals surface area contributed by atoms with E-state index in [1.165, 1.54) is 17.7 Å². The molecule has 1 heterocycles. The summed E-state index contributed by atoms with van der Waals surface area (Å²) in [7, 11) is 0. The van der Waals surface area contributed by atoms with Crippen LogP contribution in [0.3, 0.4) is 0 Å².